The number of fused-ring (bicyclic) bond motifs is 1. The van der Waals surface area contributed by atoms with Gasteiger partial charge in [-0.25, -0.2) is 0 Å². The fraction of sp³-hybridized carbons (Fsp3) is 0.600. The Labute approximate surface area is 194 Å². The number of nitrogens with one attached hydrogen (secondary N) is 2. The van der Waals surface area contributed by atoms with Gasteiger partial charge in [0.05, 0.1) is 4.91 Å². The molecule has 1 aliphatic heterocycles. The molecule has 2 aliphatic carbocycles. The van der Waals surface area contributed by atoms with Crippen LogP contribution >= 0.6 is 23.5 Å². The van der Waals surface area contributed by atoms with Crippen molar-refractivity contribution in [2.24, 2.45) is 5.92 Å². The van der Waals surface area contributed by atoms with Crippen LogP contribution in [0.2, 0.25) is 0 Å². The maximum Gasteiger partial charge on any atom is 0.257 e. The summed E-state index contributed by atoms with van der Waals surface area (Å²) in [5.74, 6) is 1.33. The molecule has 0 spiro atoms. The Morgan fingerprint density at radius 2 is 1.94 bits per heavy atom. The van der Waals surface area contributed by atoms with Crippen LogP contribution in [0.5, 0.6) is 0 Å². The SMILES string of the molecule is O=C1NC2CC(C(=O)NCCCSC3CCCCC3)CCC2S/C1=C\c1ccccc1. The molecular formula is C25H34N2O2S2. The normalized spacial score (nSPS) is 28.1. The Kier molecular flexibility index (Phi) is 8.42. The largest absolute Gasteiger partial charge is 0.356 e. The van der Waals surface area contributed by atoms with Crippen LogP contribution in [-0.4, -0.2) is 40.7 Å². The molecule has 3 aliphatic rings. The van der Waals surface area contributed by atoms with Crippen molar-refractivity contribution in [2.75, 3.05) is 12.3 Å². The van der Waals surface area contributed by atoms with Gasteiger partial charge in [0.15, 0.2) is 0 Å². The number of thioether (sulfide) groups is 2. The summed E-state index contributed by atoms with van der Waals surface area (Å²) in [6.45, 7) is 0.772. The number of carbonyl (C=O) groups is 2. The Hall–Kier alpha value is -1.40. The Morgan fingerprint density at radius 3 is 2.74 bits per heavy atom. The molecule has 2 amide bonds. The standard InChI is InChI=1S/C25H34N2O2S2/c28-24(26-14-7-15-30-20-10-5-2-6-11-20)19-12-13-22-21(17-19)27-25(29)23(31-22)16-18-8-3-1-4-9-18/h1,3-4,8-9,16,19-22H,2,5-7,10-15,17H2,(H,26,28)(H,27,29)/b23-16-. The second-order valence-corrected chi connectivity index (χ2v) is 11.6. The minimum atomic E-state index is -0.00380. The van der Waals surface area contributed by atoms with Gasteiger partial charge in [0.1, 0.15) is 0 Å². The fourth-order valence-corrected chi connectivity index (χ4v) is 7.44. The van der Waals surface area contributed by atoms with Crippen LogP contribution in [-0.2, 0) is 9.59 Å². The first-order valence-corrected chi connectivity index (χ1v) is 13.8. The maximum atomic E-state index is 12.7. The second-order valence-electron chi connectivity index (χ2n) is 8.94. The zero-order valence-corrected chi connectivity index (χ0v) is 19.8. The molecule has 4 rings (SSSR count). The molecule has 2 N–H and O–H groups in total. The zero-order valence-electron chi connectivity index (χ0n) is 18.2. The monoisotopic (exact) mass is 458 g/mol. The lowest BCUT2D eigenvalue weighted by Gasteiger charge is -2.39. The quantitative estimate of drug-likeness (QED) is 0.446. The van der Waals surface area contributed by atoms with Crippen LogP contribution in [0.15, 0.2) is 35.2 Å². The number of amides is 2. The van der Waals surface area contributed by atoms with Crippen molar-refractivity contribution >= 4 is 41.4 Å². The first kappa shape index (κ1) is 22.8. The first-order valence-electron chi connectivity index (χ1n) is 11.8. The molecule has 0 aromatic heterocycles. The highest BCUT2D eigenvalue weighted by atomic mass is 32.2. The van der Waals surface area contributed by atoms with E-state index < -0.39 is 0 Å². The molecule has 1 heterocycles. The van der Waals surface area contributed by atoms with Gasteiger partial charge in [0, 0.05) is 29.0 Å². The molecule has 3 fully saturated rings. The number of benzene rings is 1. The van der Waals surface area contributed by atoms with Crippen molar-refractivity contribution < 1.29 is 9.59 Å². The van der Waals surface area contributed by atoms with Crippen LogP contribution in [0.3, 0.4) is 0 Å². The number of rotatable bonds is 7. The third-order valence-corrected chi connectivity index (χ3v) is 9.49. The third kappa shape index (κ3) is 6.55. The molecule has 3 unspecified atom stereocenters. The molecule has 6 heteroatoms. The maximum absolute atomic E-state index is 12.7. The first-order chi connectivity index (χ1) is 15.2. The van der Waals surface area contributed by atoms with Gasteiger partial charge < -0.3 is 10.6 Å². The van der Waals surface area contributed by atoms with Gasteiger partial charge >= 0.3 is 0 Å². The lowest BCUT2D eigenvalue weighted by Crippen LogP contribution is -2.51. The number of carbonyl (C=O) groups excluding carboxylic acids is 2. The average Bonchev–Trinajstić information content (AvgIpc) is 2.80. The topological polar surface area (TPSA) is 58.2 Å². The summed E-state index contributed by atoms with van der Waals surface area (Å²) in [5.41, 5.74) is 1.05. The molecule has 31 heavy (non-hydrogen) atoms. The van der Waals surface area contributed by atoms with Crippen molar-refractivity contribution in [3.63, 3.8) is 0 Å². The van der Waals surface area contributed by atoms with Gasteiger partial charge in [0.25, 0.3) is 5.91 Å². The molecular weight excluding hydrogens is 424 g/mol. The van der Waals surface area contributed by atoms with Crippen molar-refractivity contribution in [3.05, 3.63) is 40.8 Å². The predicted octanol–water partition coefficient (Wildman–Crippen LogP) is 5.00. The minimum absolute atomic E-state index is 0.00380. The third-order valence-electron chi connectivity index (χ3n) is 6.60. The van der Waals surface area contributed by atoms with Crippen molar-refractivity contribution in [1.82, 2.24) is 10.6 Å². The fourth-order valence-electron chi connectivity index (χ4n) is 4.84. The van der Waals surface area contributed by atoms with Crippen LogP contribution in [0.1, 0.15) is 63.4 Å². The highest BCUT2D eigenvalue weighted by Crippen LogP contribution is 2.40. The lowest BCUT2D eigenvalue weighted by molar-refractivity contribution is -0.127. The van der Waals surface area contributed by atoms with E-state index in [4.69, 9.17) is 0 Å². The smallest absolute Gasteiger partial charge is 0.257 e. The van der Waals surface area contributed by atoms with Gasteiger partial charge in [-0.05, 0) is 55.9 Å². The van der Waals surface area contributed by atoms with Gasteiger partial charge in [-0.1, -0.05) is 49.6 Å². The van der Waals surface area contributed by atoms with Gasteiger partial charge in [0.2, 0.25) is 5.91 Å². The highest BCUT2D eigenvalue weighted by Gasteiger charge is 2.39. The summed E-state index contributed by atoms with van der Waals surface area (Å²) >= 11 is 3.78. The van der Waals surface area contributed by atoms with Crippen molar-refractivity contribution in [3.8, 4) is 0 Å². The van der Waals surface area contributed by atoms with E-state index in [-0.39, 0.29) is 23.8 Å². The predicted molar refractivity (Wildman–Crippen MR) is 132 cm³/mol. The van der Waals surface area contributed by atoms with E-state index in [1.807, 2.05) is 36.4 Å². The van der Waals surface area contributed by atoms with E-state index in [1.54, 1.807) is 11.8 Å². The van der Waals surface area contributed by atoms with E-state index in [1.165, 1.54) is 32.1 Å². The molecule has 1 aromatic rings. The van der Waals surface area contributed by atoms with Gasteiger partial charge in [-0.3, -0.25) is 9.59 Å². The molecule has 0 radical (unpaired) electrons. The van der Waals surface area contributed by atoms with Crippen molar-refractivity contribution in [1.29, 1.82) is 0 Å². The highest BCUT2D eigenvalue weighted by molar-refractivity contribution is 8.04. The van der Waals surface area contributed by atoms with E-state index >= 15 is 0 Å². The van der Waals surface area contributed by atoms with E-state index in [9.17, 15) is 9.59 Å². The lowest BCUT2D eigenvalue weighted by atomic mass is 9.84. The van der Waals surface area contributed by atoms with E-state index in [2.05, 4.69) is 22.4 Å². The van der Waals surface area contributed by atoms with Gasteiger partial charge in [-0.2, -0.15) is 11.8 Å². The van der Waals surface area contributed by atoms with Crippen LogP contribution < -0.4 is 10.6 Å². The Bertz CT molecular complexity index is 777. The van der Waals surface area contributed by atoms with Gasteiger partial charge in [-0.15, -0.1) is 11.8 Å². The summed E-state index contributed by atoms with van der Waals surface area (Å²) < 4.78 is 0. The molecule has 168 valence electrons. The molecule has 4 nitrogen and oxygen atoms in total. The van der Waals surface area contributed by atoms with E-state index in [0.29, 0.717) is 5.25 Å². The second kappa shape index (κ2) is 11.5. The molecule has 1 aromatic carbocycles. The average molecular weight is 459 g/mol. The van der Waals surface area contributed by atoms with Crippen LogP contribution in [0.25, 0.3) is 6.08 Å². The van der Waals surface area contributed by atoms with Crippen LogP contribution in [0, 0.1) is 5.92 Å². The number of hydrogen-bond donors (Lipinski definition) is 2. The van der Waals surface area contributed by atoms with Crippen LogP contribution in [0.4, 0.5) is 0 Å². The Morgan fingerprint density at radius 1 is 1.13 bits per heavy atom. The molecule has 3 atom stereocenters. The zero-order chi connectivity index (χ0) is 21.5. The number of hydrogen-bond acceptors (Lipinski definition) is 4. The Balaban J connectivity index is 1.19. The minimum Gasteiger partial charge on any atom is -0.356 e. The molecule has 0 bridgehead atoms. The summed E-state index contributed by atoms with van der Waals surface area (Å²) in [5, 5.41) is 7.54. The van der Waals surface area contributed by atoms with E-state index in [0.717, 1.165) is 53.7 Å². The summed E-state index contributed by atoms with van der Waals surface area (Å²) in [4.78, 5) is 26.1. The van der Waals surface area contributed by atoms with Crippen molar-refractivity contribution in [2.45, 2.75) is 74.3 Å². The summed E-state index contributed by atoms with van der Waals surface area (Å²) in [7, 11) is 0. The molecule has 1 saturated heterocycles. The summed E-state index contributed by atoms with van der Waals surface area (Å²) in [6.07, 6.45) is 12.6. The molecule has 2 saturated carbocycles. The summed E-state index contributed by atoms with van der Waals surface area (Å²) in [6, 6.07) is 10.1.